The molecule has 2 unspecified atom stereocenters. The van der Waals surface area contributed by atoms with E-state index in [0.29, 0.717) is 12.8 Å². The van der Waals surface area contributed by atoms with Crippen LogP contribution in [0.15, 0.2) is 0 Å². The van der Waals surface area contributed by atoms with Crippen LogP contribution in [-0.4, -0.2) is 11.9 Å². The first-order valence-corrected chi connectivity index (χ1v) is 3.53. The lowest BCUT2D eigenvalue weighted by Gasteiger charge is -2.12. The maximum absolute atomic E-state index is 10.2. The molecule has 4 heteroatoms. The van der Waals surface area contributed by atoms with E-state index in [0.717, 1.165) is 0 Å². The molecule has 1 aliphatic rings. The standard InChI is InChI=1S/C7H10O4/c8-6(9)4-1-2-5(3-4)7(10)11/h4-5H,1-3H2,(H,8,9)(H,10,11)/p-2. The van der Waals surface area contributed by atoms with Crippen molar-refractivity contribution < 1.29 is 19.8 Å². The van der Waals surface area contributed by atoms with E-state index in [1.165, 1.54) is 0 Å². The van der Waals surface area contributed by atoms with E-state index in [-0.39, 0.29) is 6.42 Å². The summed E-state index contributed by atoms with van der Waals surface area (Å²) in [7, 11) is 0. The topological polar surface area (TPSA) is 80.3 Å². The van der Waals surface area contributed by atoms with Crippen LogP contribution in [0.1, 0.15) is 19.3 Å². The molecule has 0 N–H and O–H groups in total. The minimum atomic E-state index is -1.14. The van der Waals surface area contributed by atoms with Gasteiger partial charge >= 0.3 is 0 Å². The number of carbonyl (C=O) groups is 2. The third-order valence-corrected chi connectivity index (χ3v) is 2.10. The fourth-order valence-corrected chi connectivity index (χ4v) is 1.41. The van der Waals surface area contributed by atoms with Crippen LogP contribution in [0.5, 0.6) is 0 Å². The maximum Gasteiger partial charge on any atom is 0.0445 e. The van der Waals surface area contributed by atoms with E-state index in [4.69, 9.17) is 0 Å². The second-order valence-electron chi connectivity index (χ2n) is 2.84. The number of carbonyl (C=O) groups excluding carboxylic acids is 2. The quantitative estimate of drug-likeness (QED) is 0.458. The van der Waals surface area contributed by atoms with Gasteiger partial charge in [-0.25, -0.2) is 0 Å². The van der Waals surface area contributed by atoms with Crippen LogP contribution in [0.4, 0.5) is 0 Å². The van der Waals surface area contributed by atoms with Gasteiger partial charge < -0.3 is 19.8 Å². The summed E-state index contributed by atoms with van der Waals surface area (Å²) >= 11 is 0. The Morgan fingerprint density at radius 1 is 1.00 bits per heavy atom. The second kappa shape index (κ2) is 2.90. The van der Waals surface area contributed by atoms with Crippen molar-refractivity contribution in [1.29, 1.82) is 0 Å². The molecule has 0 spiro atoms. The Hall–Kier alpha value is -1.06. The molecule has 0 saturated heterocycles. The van der Waals surface area contributed by atoms with E-state index < -0.39 is 23.8 Å². The van der Waals surface area contributed by atoms with Crippen LogP contribution in [0.3, 0.4) is 0 Å². The van der Waals surface area contributed by atoms with Crippen molar-refractivity contribution in [1.82, 2.24) is 0 Å². The molecule has 0 radical (unpaired) electrons. The number of hydrogen-bond donors (Lipinski definition) is 0. The molecule has 1 fully saturated rings. The zero-order chi connectivity index (χ0) is 8.43. The Bertz CT molecular complexity index is 167. The fourth-order valence-electron chi connectivity index (χ4n) is 1.41. The summed E-state index contributed by atoms with van der Waals surface area (Å²) in [5.41, 5.74) is 0. The van der Waals surface area contributed by atoms with Gasteiger partial charge in [0, 0.05) is 11.9 Å². The minimum Gasteiger partial charge on any atom is -0.550 e. The van der Waals surface area contributed by atoms with Crippen molar-refractivity contribution in [3.8, 4) is 0 Å². The van der Waals surface area contributed by atoms with Gasteiger partial charge in [0.1, 0.15) is 0 Å². The predicted octanol–water partition coefficient (Wildman–Crippen LogP) is -2.10. The average molecular weight is 156 g/mol. The third-order valence-electron chi connectivity index (χ3n) is 2.10. The molecular formula is C7H8O4-2. The zero-order valence-corrected chi connectivity index (χ0v) is 5.91. The van der Waals surface area contributed by atoms with E-state index in [1.54, 1.807) is 0 Å². The number of carboxylic acids is 2. The number of hydrogen-bond acceptors (Lipinski definition) is 4. The molecule has 2 atom stereocenters. The van der Waals surface area contributed by atoms with Gasteiger partial charge in [0.2, 0.25) is 0 Å². The SMILES string of the molecule is O=C([O-])C1CCC(C(=O)[O-])C1. The molecule has 0 aromatic heterocycles. The molecular weight excluding hydrogens is 148 g/mol. The number of aliphatic carboxylic acids is 2. The lowest BCUT2D eigenvalue weighted by molar-refractivity contribution is -0.313. The van der Waals surface area contributed by atoms with Crippen LogP contribution in [0.25, 0.3) is 0 Å². The first-order chi connectivity index (χ1) is 5.11. The van der Waals surface area contributed by atoms with Crippen molar-refractivity contribution in [2.45, 2.75) is 19.3 Å². The van der Waals surface area contributed by atoms with Crippen molar-refractivity contribution in [3.63, 3.8) is 0 Å². The van der Waals surface area contributed by atoms with Gasteiger partial charge in [0.05, 0.1) is 0 Å². The molecule has 0 heterocycles. The van der Waals surface area contributed by atoms with Crippen LogP contribution in [-0.2, 0) is 9.59 Å². The normalized spacial score (nSPS) is 30.2. The van der Waals surface area contributed by atoms with Crippen molar-refractivity contribution >= 4 is 11.9 Å². The van der Waals surface area contributed by atoms with Crippen LogP contribution >= 0.6 is 0 Å². The third kappa shape index (κ3) is 1.69. The van der Waals surface area contributed by atoms with E-state index in [9.17, 15) is 19.8 Å². The lowest BCUT2D eigenvalue weighted by Crippen LogP contribution is -2.32. The van der Waals surface area contributed by atoms with Gasteiger partial charge in [0.25, 0.3) is 0 Å². The molecule has 0 amide bonds. The highest BCUT2D eigenvalue weighted by atomic mass is 16.4. The van der Waals surface area contributed by atoms with Gasteiger partial charge in [-0.05, 0) is 31.1 Å². The fraction of sp³-hybridized carbons (Fsp3) is 0.714. The van der Waals surface area contributed by atoms with Crippen LogP contribution < -0.4 is 10.2 Å². The van der Waals surface area contributed by atoms with Gasteiger partial charge in [-0.3, -0.25) is 0 Å². The number of carboxylic acid groups (broad SMARTS) is 2. The van der Waals surface area contributed by atoms with Gasteiger partial charge in [0.15, 0.2) is 0 Å². The lowest BCUT2D eigenvalue weighted by atomic mass is 10.1. The molecule has 4 nitrogen and oxygen atoms in total. The first-order valence-electron chi connectivity index (χ1n) is 3.53. The molecule has 1 saturated carbocycles. The first kappa shape index (κ1) is 8.04. The molecule has 1 aliphatic carbocycles. The minimum absolute atomic E-state index is 0.171. The van der Waals surface area contributed by atoms with E-state index in [2.05, 4.69) is 0 Å². The highest BCUT2D eigenvalue weighted by Crippen LogP contribution is 2.29. The second-order valence-corrected chi connectivity index (χ2v) is 2.84. The molecule has 62 valence electrons. The predicted molar refractivity (Wildman–Crippen MR) is 30.8 cm³/mol. The summed E-state index contributed by atoms with van der Waals surface area (Å²) in [6.45, 7) is 0. The van der Waals surface area contributed by atoms with Gasteiger partial charge in [-0.1, -0.05) is 0 Å². The molecule has 0 aromatic rings. The van der Waals surface area contributed by atoms with Gasteiger partial charge in [-0.2, -0.15) is 0 Å². The molecule has 11 heavy (non-hydrogen) atoms. The summed E-state index contributed by atoms with van der Waals surface area (Å²) in [5, 5.41) is 20.5. The summed E-state index contributed by atoms with van der Waals surface area (Å²) < 4.78 is 0. The van der Waals surface area contributed by atoms with Crippen LogP contribution in [0, 0.1) is 11.8 Å². The van der Waals surface area contributed by atoms with E-state index >= 15 is 0 Å². The van der Waals surface area contributed by atoms with Crippen molar-refractivity contribution in [2.75, 3.05) is 0 Å². The molecule has 1 rings (SSSR count). The largest absolute Gasteiger partial charge is 0.550 e. The van der Waals surface area contributed by atoms with Gasteiger partial charge in [-0.15, -0.1) is 0 Å². The van der Waals surface area contributed by atoms with Crippen LogP contribution in [0.2, 0.25) is 0 Å². The highest BCUT2D eigenvalue weighted by Gasteiger charge is 2.25. The highest BCUT2D eigenvalue weighted by molar-refractivity contribution is 5.72. The monoisotopic (exact) mass is 156 g/mol. The van der Waals surface area contributed by atoms with E-state index in [1.807, 2.05) is 0 Å². The van der Waals surface area contributed by atoms with Crippen molar-refractivity contribution in [2.24, 2.45) is 11.8 Å². The summed E-state index contributed by atoms with van der Waals surface area (Å²) in [6, 6.07) is 0. The summed E-state index contributed by atoms with van der Waals surface area (Å²) in [5.74, 6) is -3.46. The molecule has 0 aliphatic heterocycles. The smallest absolute Gasteiger partial charge is 0.0445 e. The molecule has 0 bridgehead atoms. The molecule has 0 aromatic carbocycles. The summed E-state index contributed by atoms with van der Waals surface area (Å²) in [6.07, 6.45) is 0.979. The number of rotatable bonds is 2. The average Bonchev–Trinajstić information content (AvgIpc) is 2.33. The Morgan fingerprint density at radius 3 is 1.55 bits per heavy atom. The zero-order valence-electron chi connectivity index (χ0n) is 5.91. The Labute approximate surface area is 63.8 Å². The Morgan fingerprint density at radius 2 is 1.36 bits per heavy atom. The Balaban J connectivity index is 2.47. The summed E-state index contributed by atoms with van der Waals surface area (Å²) in [4.78, 5) is 20.5. The maximum atomic E-state index is 10.2. The Kier molecular flexibility index (Phi) is 2.12. The van der Waals surface area contributed by atoms with Crippen molar-refractivity contribution in [3.05, 3.63) is 0 Å².